The lowest BCUT2D eigenvalue weighted by atomic mass is 9.77. The van der Waals surface area contributed by atoms with Crippen molar-refractivity contribution >= 4 is 87.9 Å². The van der Waals surface area contributed by atoms with E-state index in [9.17, 15) is 0 Å². The Morgan fingerprint density at radius 2 is 1.08 bits per heavy atom. The van der Waals surface area contributed by atoms with Crippen LogP contribution < -0.4 is 0 Å². The fourth-order valence-electron chi connectivity index (χ4n) is 11.2. The normalized spacial score (nSPS) is 17.1. The number of benzene rings is 9. The van der Waals surface area contributed by atoms with E-state index in [1.54, 1.807) is 0 Å². The van der Waals surface area contributed by atoms with Gasteiger partial charge in [0.15, 0.2) is 0 Å². The fraction of sp³-hybridized carbons (Fsp3) is 0.113. The van der Waals surface area contributed by atoms with Gasteiger partial charge in [0, 0.05) is 49.5 Å². The minimum Gasteiger partial charge on any atom is -0.456 e. The molecule has 0 spiro atoms. The largest absolute Gasteiger partial charge is 0.456 e. The number of para-hydroxylation sites is 3. The highest BCUT2D eigenvalue weighted by Gasteiger charge is 2.31. The number of fused-ring (bicyclic) bond motifs is 10. The molecule has 1 aliphatic heterocycles. The number of hydrogen-bond donors (Lipinski definition) is 0. The lowest BCUT2D eigenvalue weighted by Gasteiger charge is -2.31. The molecule has 0 saturated carbocycles. The van der Waals surface area contributed by atoms with Crippen LogP contribution in [0.1, 0.15) is 55.8 Å². The quantitative estimate of drug-likeness (QED) is 0.167. The van der Waals surface area contributed by atoms with Crippen molar-refractivity contribution in [3.63, 3.8) is 0 Å². The topological polar surface area (TPSA) is 51.8 Å². The summed E-state index contributed by atoms with van der Waals surface area (Å²) in [5.41, 5.74) is 17.3. The highest BCUT2D eigenvalue weighted by molar-refractivity contribution is 6.22. The number of aliphatic imine (C=N–C) groups is 1. The monoisotopic (exact) mass is 851 g/mol. The summed E-state index contributed by atoms with van der Waals surface area (Å²) in [6.07, 6.45) is 2.67. The first kappa shape index (κ1) is 38.5. The predicted octanol–water partition coefficient (Wildman–Crippen LogP) is 17.7. The highest BCUT2D eigenvalue weighted by Crippen LogP contribution is 2.48. The summed E-state index contributed by atoms with van der Waals surface area (Å²) >= 11 is 0. The van der Waals surface area contributed by atoms with Gasteiger partial charge in [0.1, 0.15) is 33.5 Å². The number of nitrogens with zero attached hydrogens (tertiary/aromatic N) is 1. The minimum atomic E-state index is -0.131. The molecule has 66 heavy (non-hydrogen) atoms. The fourth-order valence-corrected chi connectivity index (χ4v) is 11.2. The molecule has 0 N–H and O–H groups in total. The van der Waals surface area contributed by atoms with Gasteiger partial charge < -0.3 is 13.3 Å². The lowest BCUT2D eigenvalue weighted by Crippen LogP contribution is -2.19. The molecule has 3 aromatic heterocycles. The van der Waals surface area contributed by atoms with Crippen LogP contribution in [0.15, 0.2) is 212 Å². The van der Waals surface area contributed by atoms with Gasteiger partial charge in [0.25, 0.3) is 0 Å². The van der Waals surface area contributed by atoms with E-state index in [4.69, 9.17) is 18.2 Å². The third-order valence-electron chi connectivity index (χ3n) is 14.2. The zero-order chi connectivity index (χ0) is 43.9. The van der Waals surface area contributed by atoms with Gasteiger partial charge in [-0.15, -0.1) is 0 Å². The van der Waals surface area contributed by atoms with Gasteiger partial charge in [-0.05, 0) is 131 Å². The Bertz CT molecular complexity index is 3950. The van der Waals surface area contributed by atoms with E-state index in [2.05, 4.69) is 184 Å². The number of allylic oxidation sites excluding steroid dienone is 1. The van der Waals surface area contributed by atoms with Gasteiger partial charge in [-0.1, -0.05) is 146 Å². The summed E-state index contributed by atoms with van der Waals surface area (Å²) in [6, 6.07) is 67.2. The van der Waals surface area contributed by atoms with E-state index in [-0.39, 0.29) is 12.0 Å². The molecule has 9 aromatic carbocycles. The molecule has 1 aliphatic rings. The van der Waals surface area contributed by atoms with Crippen LogP contribution in [0.25, 0.3) is 104 Å². The zero-order valence-electron chi connectivity index (χ0n) is 36.8. The number of hydrogen-bond acceptors (Lipinski definition) is 4. The Labute approximate surface area is 382 Å². The Kier molecular flexibility index (Phi) is 8.96. The van der Waals surface area contributed by atoms with Crippen LogP contribution in [0, 0.1) is 5.92 Å². The van der Waals surface area contributed by atoms with E-state index >= 15 is 0 Å². The van der Waals surface area contributed by atoms with Crippen LogP contribution in [0.5, 0.6) is 0 Å². The van der Waals surface area contributed by atoms with Crippen LogP contribution in [0.2, 0.25) is 0 Å². The molecular formula is C62H45NO3. The standard InChI is InChI=1S/C62H45NO3/c1-3-42-58(38-16-5-4-6-17-38)37(2)28-32-52(63-61(42)40-29-33-56-51(35-40)44-20-9-12-24-53(44)64-56)41-34-39-18-7-8-19-43(39)50(36-41)46-30-31-47(62-60(46)49-22-11-14-26-55(49)66-62)45-23-15-27-57-59(45)48-21-10-13-25-54(48)65-57/h4-27,29-31,33-36,42,61H,3,28,32H2,1-2H3/b58-37+,63-52?. The molecule has 0 aliphatic carbocycles. The van der Waals surface area contributed by atoms with Gasteiger partial charge in [-0.3, -0.25) is 4.99 Å². The summed E-state index contributed by atoms with van der Waals surface area (Å²) in [5.74, 6) is 0.152. The van der Waals surface area contributed by atoms with E-state index in [1.165, 1.54) is 33.0 Å². The SMILES string of the molecule is CCC1/C(c2ccccc2)=C(\C)CCC(c2cc(-c3ccc(-c4cccc5oc6ccccc6c45)c4oc5ccccc5c34)c3ccccc3c2)=NC1c1ccc2oc3ccccc3c2c1. The van der Waals surface area contributed by atoms with Crippen LogP contribution in [-0.4, -0.2) is 5.71 Å². The Hall–Kier alpha value is -7.95. The van der Waals surface area contributed by atoms with E-state index in [0.29, 0.717) is 0 Å². The second-order valence-electron chi connectivity index (χ2n) is 17.9. The number of furan rings is 3. The number of rotatable bonds is 6. The smallest absolute Gasteiger partial charge is 0.143 e. The summed E-state index contributed by atoms with van der Waals surface area (Å²) in [6.45, 7) is 4.67. The third kappa shape index (κ3) is 6.09. The lowest BCUT2D eigenvalue weighted by molar-refractivity contribution is 0.517. The van der Waals surface area contributed by atoms with Gasteiger partial charge in [0.2, 0.25) is 0 Å². The Balaban J connectivity index is 1.04. The predicted molar refractivity (Wildman–Crippen MR) is 274 cm³/mol. The average molecular weight is 852 g/mol. The molecule has 0 saturated heterocycles. The second kappa shape index (κ2) is 15.4. The molecule has 4 heteroatoms. The van der Waals surface area contributed by atoms with Crippen LogP contribution in [0.3, 0.4) is 0 Å². The van der Waals surface area contributed by atoms with Crippen LogP contribution in [-0.2, 0) is 0 Å². The molecule has 12 aromatic rings. The third-order valence-corrected chi connectivity index (χ3v) is 14.2. The molecule has 316 valence electrons. The Morgan fingerprint density at radius 1 is 0.455 bits per heavy atom. The van der Waals surface area contributed by atoms with Crippen molar-refractivity contribution in [2.75, 3.05) is 0 Å². The molecule has 4 heterocycles. The molecule has 0 bridgehead atoms. The van der Waals surface area contributed by atoms with Gasteiger partial charge in [-0.2, -0.15) is 0 Å². The first-order valence-corrected chi connectivity index (χ1v) is 23.2. The summed E-state index contributed by atoms with van der Waals surface area (Å²) in [7, 11) is 0. The van der Waals surface area contributed by atoms with Crippen molar-refractivity contribution in [1.82, 2.24) is 0 Å². The van der Waals surface area contributed by atoms with Gasteiger partial charge >= 0.3 is 0 Å². The maximum absolute atomic E-state index is 6.96. The molecule has 13 rings (SSSR count). The molecule has 0 amide bonds. The van der Waals surface area contributed by atoms with E-state index in [0.717, 1.165) is 119 Å². The highest BCUT2D eigenvalue weighted by atomic mass is 16.3. The zero-order valence-corrected chi connectivity index (χ0v) is 36.8. The molecule has 2 unspecified atom stereocenters. The van der Waals surface area contributed by atoms with Gasteiger partial charge in [-0.25, -0.2) is 0 Å². The van der Waals surface area contributed by atoms with Crippen molar-refractivity contribution in [2.24, 2.45) is 10.9 Å². The van der Waals surface area contributed by atoms with Crippen LogP contribution >= 0.6 is 0 Å². The Morgan fingerprint density at radius 3 is 1.88 bits per heavy atom. The molecule has 0 radical (unpaired) electrons. The van der Waals surface area contributed by atoms with Crippen molar-refractivity contribution < 1.29 is 13.3 Å². The maximum Gasteiger partial charge on any atom is 0.143 e. The first-order chi connectivity index (χ1) is 32.6. The molecule has 2 atom stereocenters. The van der Waals surface area contributed by atoms with Crippen LogP contribution in [0.4, 0.5) is 0 Å². The summed E-state index contributed by atoms with van der Waals surface area (Å²) in [4.78, 5) is 5.98. The summed E-state index contributed by atoms with van der Waals surface area (Å²) in [5, 5.41) is 9.02. The van der Waals surface area contributed by atoms with Crippen molar-refractivity contribution in [2.45, 2.75) is 39.2 Å². The molecule has 4 nitrogen and oxygen atoms in total. The van der Waals surface area contributed by atoms with E-state index < -0.39 is 0 Å². The molecule has 0 fully saturated rings. The molecular weight excluding hydrogens is 807 g/mol. The van der Waals surface area contributed by atoms with Gasteiger partial charge in [0.05, 0.1) is 6.04 Å². The van der Waals surface area contributed by atoms with Crippen molar-refractivity contribution in [3.05, 3.63) is 210 Å². The maximum atomic E-state index is 6.96. The van der Waals surface area contributed by atoms with Crippen molar-refractivity contribution in [1.29, 1.82) is 0 Å². The first-order valence-electron chi connectivity index (χ1n) is 23.2. The minimum absolute atomic E-state index is 0.131. The summed E-state index contributed by atoms with van der Waals surface area (Å²) < 4.78 is 19.7. The van der Waals surface area contributed by atoms with E-state index in [1.807, 2.05) is 18.2 Å². The second-order valence-corrected chi connectivity index (χ2v) is 17.9. The average Bonchev–Trinajstić information content (AvgIpc) is 4.07. The van der Waals surface area contributed by atoms with Crippen molar-refractivity contribution in [3.8, 4) is 22.3 Å².